The molecule has 0 spiro atoms. The van der Waals surface area contributed by atoms with Gasteiger partial charge in [0, 0.05) is 18.2 Å². The van der Waals surface area contributed by atoms with Crippen LogP contribution in [0.15, 0.2) is 45.7 Å². The van der Waals surface area contributed by atoms with Crippen LogP contribution in [0.4, 0.5) is 10.1 Å². The predicted octanol–water partition coefficient (Wildman–Crippen LogP) is 3.11. The Kier molecular flexibility index (Phi) is 5.16. The van der Waals surface area contributed by atoms with Gasteiger partial charge in [-0.05, 0) is 30.7 Å². The smallest absolute Gasteiger partial charge is 0.251 e. The van der Waals surface area contributed by atoms with E-state index in [1.54, 1.807) is 19.1 Å². The molecule has 140 valence electrons. The molecule has 0 radical (unpaired) electrons. The molecule has 0 atom stereocenters. The molecule has 0 saturated heterocycles. The summed E-state index contributed by atoms with van der Waals surface area (Å²) in [4.78, 5) is 24.3. The molecule has 0 fully saturated rings. The van der Waals surface area contributed by atoms with Gasteiger partial charge >= 0.3 is 0 Å². The van der Waals surface area contributed by atoms with Gasteiger partial charge in [-0.2, -0.15) is 0 Å². The summed E-state index contributed by atoms with van der Waals surface area (Å²) in [6.45, 7) is 5.37. The first-order chi connectivity index (χ1) is 12.8. The number of amides is 1. The number of aryl methyl sites for hydroxylation is 1. The number of rotatable bonds is 5. The van der Waals surface area contributed by atoms with Gasteiger partial charge < -0.3 is 14.3 Å². The average Bonchev–Trinajstić information content (AvgIpc) is 3.10. The van der Waals surface area contributed by atoms with Crippen LogP contribution in [0.2, 0.25) is 0 Å². The Morgan fingerprint density at radius 3 is 2.74 bits per heavy atom. The van der Waals surface area contributed by atoms with Gasteiger partial charge in [0.25, 0.3) is 5.56 Å². The second-order valence-corrected chi connectivity index (χ2v) is 6.52. The number of anilines is 1. The summed E-state index contributed by atoms with van der Waals surface area (Å²) >= 11 is 0. The number of aromatic nitrogens is 3. The highest BCUT2D eigenvalue weighted by atomic mass is 19.1. The van der Waals surface area contributed by atoms with E-state index in [2.05, 4.69) is 15.5 Å². The fourth-order valence-corrected chi connectivity index (χ4v) is 2.45. The van der Waals surface area contributed by atoms with Crippen molar-refractivity contribution in [1.82, 2.24) is 14.8 Å². The van der Waals surface area contributed by atoms with E-state index in [1.165, 1.54) is 29.0 Å². The molecule has 1 N–H and O–H groups in total. The fraction of sp³-hybridized carbons (Fsp3) is 0.263. The maximum atomic E-state index is 13.8. The van der Waals surface area contributed by atoms with Gasteiger partial charge in [0.05, 0.1) is 11.3 Å². The van der Waals surface area contributed by atoms with Gasteiger partial charge in [-0.3, -0.25) is 9.59 Å². The molecule has 1 amide bonds. The predicted molar refractivity (Wildman–Crippen MR) is 97.8 cm³/mol. The van der Waals surface area contributed by atoms with E-state index >= 15 is 0 Å². The molecular weight excluding hydrogens is 351 g/mol. The van der Waals surface area contributed by atoms with Crippen molar-refractivity contribution < 1.29 is 13.6 Å². The Balaban J connectivity index is 1.81. The number of benzene rings is 1. The first-order valence-electron chi connectivity index (χ1n) is 8.44. The molecule has 1 aromatic carbocycles. The highest BCUT2D eigenvalue weighted by Gasteiger charge is 2.14. The molecule has 2 heterocycles. The van der Waals surface area contributed by atoms with Crippen LogP contribution in [0.5, 0.6) is 0 Å². The molecule has 2 aromatic heterocycles. The van der Waals surface area contributed by atoms with Crippen LogP contribution in [0.1, 0.15) is 31.2 Å². The SMILES string of the molecule is Cc1ccc(F)c(NC(=O)Cn2cc(-c3nnc(C(C)C)o3)ccc2=O)c1. The van der Waals surface area contributed by atoms with Crippen LogP contribution in [0, 0.1) is 12.7 Å². The zero-order valence-corrected chi connectivity index (χ0v) is 15.2. The van der Waals surface area contributed by atoms with Crippen molar-refractivity contribution in [3.8, 4) is 11.5 Å². The van der Waals surface area contributed by atoms with Gasteiger partial charge in [0.1, 0.15) is 12.4 Å². The lowest BCUT2D eigenvalue weighted by Crippen LogP contribution is -2.27. The van der Waals surface area contributed by atoms with E-state index in [0.717, 1.165) is 5.56 Å². The number of pyridine rings is 1. The molecule has 3 rings (SSSR count). The zero-order valence-electron chi connectivity index (χ0n) is 15.2. The third-order valence-electron chi connectivity index (χ3n) is 3.87. The first kappa shape index (κ1) is 18.5. The Bertz CT molecular complexity index is 1040. The number of halogens is 1. The van der Waals surface area contributed by atoms with E-state index < -0.39 is 11.7 Å². The van der Waals surface area contributed by atoms with Crippen molar-refractivity contribution in [2.75, 3.05) is 5.32 Å². The topological polar surface area (TPSA) is 90.0 Å². The van der Waals surface area contributed by atoms with Crippen LogP contribution in [-0.2, 0) is 11.3 Å². The van der Waals surface area contributed by atoms with Gasteiger partial charge in [-0.25, -0.2) is 4.39 Å². The third-order valence-corrected chi connectivity index (χ3v) is 3.87. The molecule has 3 aromatic rings. The zero-order chi connectivity index (χ0) is 19.6. The molecular formula is C19H19FN4O3. The number of carbonyl (C=O) groups excluding carboxylic acids is 1. The van der Waals surface area contributed by atoms with E-state index in [9.17, 15) is 14.0 Å². The standard InChI is InChI=1S/C19H19FN4O3/c1-11(2)18-22-23-19(27-18)13-5-7-17(26)24(9-13)10-16(25)21-15-8-12(3)4-6-14(15)20/h4-9,11H,10H2,1-3H3,(H,21,25). The summed E-state index contributed by atoms with van der Waals surface area (Å²) < 4.78 is 20.6. The van der Waals surface area contributed by atoms with Crippen LogP contribution >= 0.6 is 0 Å². The maximum absolute atomic E-state index is 13.8. The maximum Gasteiger partial charge on any atom is 0.251 e. The molecule has 8 heteroatoms. The van der Waals surface area contributed by atoms with Gasteiger partial charge in [0.15, 0.2) is 0 Å². The van der Waals surface area contributed by atoms with Crippen molar-refractivity contribution in [1.29, 1.82) is 0 Å². The van der Waals surface area contributed by atoms with E-state index in [4.69, 9.17) is 4.42 Å². The molecule has 7 nitrogen and oxygen atoms in total. The largest absolute Gasteiger partial charge is 0.420 e. The van der Waals surface area contributed by atoms with Crippen LogP contribution < -0.4 is 10.9 Å². The lowest BCUT2D eigenvalue weighted by molar-refractivity contribution is -0.116. The van der Waals surface area contributed by atoms with Crippen molar-refractivity contribution in [3.05, 3.63) is 64.2 Å². The lowest BCUT2D eigenvalue weighted by Gasteiger charge is -2.09. The molecule has 0 saturated carbocycles. The number of nitrogens with zero attached hydrogens (tertiary/aromatic N) is 3. The van der Waals surface area contributed by atoms with Gasteiger partial charge in [0.2, 0.25) is 17.7 Å². The van der Waals surface area contributed by atoms with Gasteiger partial charge in [-0.1, -0.05) is 19.9 Å². The van der Waals surface area contributed by atoms with Crippen LogP contribution in [-0.4, -0.2) is 20.7 Å². The Morgan fingerprint density at radius 2 is 2.04 bits per heavy atom. The van der Waals surface area contributed by atoms with E-state index in [-0.39, 0.29) is 29.6 Å². The highest BCUT2D eigenvalue weighted by molar-refractivity contribution is 5.90. The molecule has 0 bridgehead atoms. The lowest BCUT2D eigenvalue weighted by atomic mass is 10.2. The van der Waals surface area contributed by atoms with Crippen molar-refractivity contribution in [3.63, 3.8) is 0 Å². The van der Waals surface area contributed by atoms with Crippen molar-refractivity contribution >= 4 is 11.6 Å². The summed E-state index contributed by atoms with van der Waals surface area (Å²) in [6.07, 6.45) is 1.46. The number of hydrogen-bond donors (Lipinski definition) is 1. The summed E-state index contributed by atoms with van der Waals surface area (Å²) in [6, 6.07) is 7.27. The van der Waals surface area contributed by atoms with Crippen molar-refractivity contribution in [2.45, 2.75) is 33.2 Å². The second kappa shape index (κ2) is 7.53. The second-order valence-electron chi connectivity index (χ2n) is 6.52. The summed E-state index contributed by atoms with van der Waals surface area (Å²) in [5, 5.41) is 10.4. The number of carbonyl (C=O) groups is 1. The summed E-state index contributed by atoms with van der Waals surface area (Å²) in [5.41, 5.74) is 1.02. The first-order valence-corrected chi connectivity index (χ1v) is 8.44. The number of nitrogens with one attached hydrogen (secondary N) is 1. The summed E-state index contributed by atoms with van der Waals surface area (Å²) in [5.74, 6) is -0.241. The summed E-state index contributed by atoms with van der Waals surface area (Å²) in [7, 11) is 0. The molecule has 0 aliphatic rings. The molecule has 0 aliphatic carbocycles. The quantitative estimate of drug-likeness (QED) is 0.745. The van der Waals surface area contributed by atoms with Crippen LogP contribution in [0.3, 0.4) is 0 Å². The number of hydrogen-bond acceptors (Lipinski definition) is 5. The third kappa shape index (κ3) is 4.28. The van der Waals surface area contributed by atoms with Crippen molar-refractivity contribution in [2.24, 2.45) is 0 Å². The van der Waals surface area contributed by atoms with E-state index in [1.807, 2.05) is 13.8 Å². The van der Waals surface area contributed by atoms with Crippen LogP contribution in [0.25, 0.3) is 11.5 Å². The van der Waals surface area contributed by atoms with Gasteiger partial charge in [-0.15, -0.1) is 10.2 Å². The Labute approximate surface area is 154 Å². The molecule has 0 unspecified atom stereocenters. The minimum absolute atomic E-state index is 0.0719. The Morgan fingerprint density at radius 1 is 1.26 bits per heavy atom. The minimum atomic E-state index is -0.540. The fourth-order valence-electron chi connectivity index (χ4n) is 2.45. The molecule has 0 aliphatic heterocycles. The highest BCUT2D eigenvalue weighted by Crippen LogP contribution is 2.20. The monoisotopic (exact) mass is 370 g/mol. The Hall–Kier alpha value is -3.29. The molecule has 27 heavy (non-hydrogen) atoms. The minimum Gasteiger partial charge on any atom is -0.420 e. The average molecular weight is 370 g/mol. The van der Waals surface area contributed by atoms with E-state index in [0.29, 0.717) is 11.5 Å². The normalized spacial score (nSPS) is 11.0.